The van der Waals surface area contributed by atoms with E-state index in [1.165, 1.54) is 16.8 Å². The van der Waals surface area contributed by atoms with Crippen LogP contribution in [0.1, 0.15) is 37.3 Å². The third-order valence-electron chi connectivity index (χ3n) is 4.95. The second kappa shape index (κ2) is 9.78. The van der Waals surface area contributed by atoms with E-state index in [0.29, 0.717) is 0 Å². The summed E-state index contributed by atoms with van der Waals surface area (Å²) in [4.78, 5) is 2.22. The fourth-order valence-electron chi connectivity index (χ4n) is 3.23. The van der Waals surface area contributed by atoms with Gasteiger partial charge >= 0.3 is 0 Å². The van der Waals surface area contributed by atoms with Crippen LogP contribution in [0.15, 0.2) is 109 Å². The molecule has 0 spiro atoms. The van der Waals surface area contributed by atoms with Gasteiger partial charge in [0.1, 0.15) is 0 Å². The minimum absolute atomic E-state index is 1.03. The zero-order valence-corrected chi connectivity index (χ0v) is 16.3. The van der Waals surface area contributed by atoms with Crippen LogP contribution in [0.4, 0.5) is 0 Å². The van der Waals surface area contributed by atoms with Gasteiger partial charge in [-0.15, -0.1) is 0 Å². The van der Waals surface area contributed by atoms with Crippen LogP contribution in [0, 0.1) is 0 Å². The predicted molar refractivity (Wildman–Crippen MR) is 117 cm³/mol. The number of benzene rings is 1. The van der Waals surface area contributed by atoms with E-state index in [1.807, 2.05) is 0 Å². The lowest BCUT2D eigenvalue weighted by Crippen LogP contribution is -2.11. The van der Waals surface area contributed by atoms with E-state index in [1.54, 1.807) is 0 Å². The summed E-state index contributed by atoms with van der Waals surface area (Å²) in [7, 11) is 0. The summed E-state index contributed by atoms with van der Waals surface area (Å²) in [6.45, 7) is 6.48. The van der Waals surface area contributed by atoms with E-state index >= 15 is 0 Å². The Labute approximate surface area is 164 Å². The molecule has 0 saturated heterocycles. The Morgan fingerprint density at radius 3 is 2.74 bits per heavy atom. The monoisotopic (exact) mass is 355 g/mol. The van der Waals surface area contributed by atoms with Crippen molar-refractivity contribution in [2.45, 2.75) is 39.0 Å². The van der Waals surface area contributed by atoms with E-state index in [4.69, 9.17) is 0 Å². The molecule has 1 aromatic rings. The first kappa shape index (κ1) is 19.0. The zero-order valence-electron chi connectivity index (χ0n) is 16.3. The van der Waals surface area contributed by atoms with Crippen LogP contribution < -0.4 is 0 Å². The van der Waals surface area contributed by atoms with Crippen molar-refractivity contribution in [2.75, 3.05) is 0 Å². The zero-order chi connectivity index (χ0) is 18.9. The first-order valence-electron chi connectivity index (χ1n) is 9.90. The van der Waals surface area contributed by atoms with Crippen molar-refractivity contribution in [1.29, 1.82) is 0 Å². The van der Waals surface area contributed by atoms with E-state index in [2.05, 4.69) is 104 Å². The molecular weight excluding hydrogens is 326 g/mol. The number of hydrogen-bond donors (Lipinski definition) is 0. The summed E-state index contributed by atoms with van der Waals surface area (Å²) in [5, 5.41) is 0. The van der Waals surface area contributed by atoms with Crippen molar-refractivity contribution in [2.24, 2.45) is 0 Å². The second-order valence-electron chi connectivity index (χ2n) is 6.95. The normalized spacial score (nSPS) is 16.4. The molecule has 1 aromatic carbocycles. The van der Waals surface area contributed by atoms with Crippen molar-refractivity contribution in [3.05, 3.63) is 120 Å². The molecule has 0 unspecified atom stereocenters. The minimum atomic E-state index is 1.03. The highest BCUT2D eigenvalue weighted by Crippen LogP contribution is 2.23. The van der Waals surface area contributed by atoms with Gasteiger partial charge in [-0.3, -0.25) is 0 Å². The van der Waals surface area contributed by atoms with Crippen molar-refractivity contribution in [3.8, 4) is 0 Å². The van der Waals surface area contributed by atoms with E-state index in [-0.39, 0.29) is 0 Å². The highest BCUT2D eigenvalue weighted by molar-refractivity contribution is 5.46. The Morgan fingerprint density at radius 1 is 1.11 bits per heavy atom. The maximum absolute atomic E-state index is 4.29. The summed E-state index contributed by atoms with van der Waals surface area (Å²) in [6, 6.07) is 8.96. The van der Waals surface area contributed by atoms with Gasteiger partial charge in [-0.1, -0.05) is 74.2 Å². The van der Waals surface area contributed by atoms with Gasteiger partial charge in [0.25, 0.3) is 0 Å². The van der Waals surface area contributed by atoms with Crippen LogP contribution in [0.2, 0.25) is 0 Å². The molecule has 0 atom stereocenters. The lowest BCUT2D eigenvalue weighted by molar-refractivity contribution is 0.586. The van der Waals surface area contributed by atoms with Crippen molar-refractivity contribution in [3.63, 3.8) is 0 Å². The molecule has 0 N–H and O–H groups in total. The first-order valence-corrected chi connectivity index (χ1v) is 9.90. The molecule has 0 radical (unpaired) electrons. The summed E-state index contributed by atoms with van der Waals surface area (Å²) < 4.78 is 0. The largest absolute Gasteiger partial charge is 0.327 e. The molecule has 1 nitrogen and oxygen atoms in total. The van der Waals surface area contributed by atoms with E-state index in [9.17, 15) is 0 Å². The van der Waals surface area contributed by atoms with E-state index in [0.717, 1.165) is 43.3 Å². The predicted octanol–water partition coefficient (Wildman–Crippen LogP) is 6.80. The molecule has 0 bridgehead atoms. The van der Waals surface area contributed by atoms with Crippen molar-refractivity contribution < 1.29 is 0 Å². The van der Waals surface area contributed by atoms with E-state index < -0.39 is 0 Å². The van der Waals surface area contributed by atoms with Gasteiger partial charge in [0, 0.05) is 18.1 Å². The summed E-state index contributed by atoms with van der Waals surface area (Å²) in [5.41, 5.74) is 6.32. The van der Waals surface area contributed by atoms with Crippen LogP contribution in [0.5, 0.6) is 0 Å². The standard InChI is InChI=1S/C26H29N/c1-3-23-16-18-24(19-17-23)12-7-6-11-22(2)25-13-8-9-15-26-14-5-4-10-20-27(26)21-25/h4-6,8,10-11,13-14,16-21H,2-3,7,9,12,15H2,1H3. The molecule has 2 aliphatic rings. The molecule has 0 fully saturated rings. The molecule has 3 rings (SSSR count). The summed E-state index contributed by atoms with van der Waals surface area (Å²) >= 11 is 0. The second-order valence-corrected chi connectivity index (χ2v) is 6.95. The topological polar surface area (TPSA) is 3.24 Å². The fourth-order valence-corrected chi connectivity index (χ4v) is 3.23. The number of allylic oxidation sites excluding steroid dienone is 11. The van der Waals surface area contributed by atoms with Gasteiger partial charge in [-0.05, 0) is 66.5 Å². The molecule has 1 heteroatoms. The summed E-state index contributed by atoms with van der Waals surface area (Å²) in [5.74, 6) is 0. The van der Waals surface area contributed by atoms with Crippen LogP contribution >= 0.6 is 0 Å². The van der Waals surface area contributed by atoms with Gasteiger partial charge in [-0.2, -0.15) is 0 Å². The molecule has 2 aliphatic heterocycles. The third-order valence-corrected chi connectivity index (χ3v) is 4.95. The van der Waals surface area contributed by atoms with Gasteiger partial charge < -0.3 is 4.90 Å². The SMILES string of the molecule is C=C(C=CCCc1ccc(CC)cc1)C1=CN2C=CC=CC=C2CCC=C1. The Bertz CT molecular complexity index is 825. The molecule has 0 amide bonds. The molecular formula is C26H29N. The lowest BCUT2D eigenvalue weighted by Gasteiger charge is -2.22. The van der Waals surface area contributed by atoms with Gasteiger partial charge in [-0.25, -0.2) is 0 Å². The van der Waals surface area contributed by atoms with Gasteiger partial charge in [0.15, 0.2) is 0 Å². The highest BCUT2D eigenvalue weighted by atomic mass is 15.1. The molecule has 2 heterocycles. The maximum atomic E-state index is 4.29. The minimum Gasteiger partial charge on any atom is -0.327 e. The smallest absolute Gasteiger partial charge is 0.0223 e. The number of hydrogen-bond acceptors (Lipinski definition) is 1. The number of aryl methyl sites for hydroxylation is 2. The average Bonchev–Trinajstić information content (AvgIpc) is 2.90. The molecule has 138 valence electrons. The fraction of sp³-hybridized carbons (Fsp3) is 0.231. The van der Waals surface area contributed by atoms with Crippen LogP contribution in [-0.2, 0) is 12.8 Å². The Kier molecular flexibility index (Phi) is 6.87. The first-order chi connectivity index (χ1) is 13.3. The van der Waals surface area contributed by atoms with Crippen molar-refractivity contribution >= 4 is 0 Å². The number of nitrogens with zero attached hydrogens (tertiary/aromatic N) is 1. The molecule has 27 heavy (non-hydrogen) atoms. The van der Waals surface area contributed by atoms with Crippen molar-refractivity contribution in [1.82, 2.24) is 4.90 Å². The van der Waals surface area contributed by atoms with Gasteiger partial charge in [0.05, 0.1) is 0 Å². The summed E-state index contributed by atoms with van der Waals surface area (Å²) in [6.07, 6.45) is 26.9. The maximum Gasteiger partial charge on any atom is 0.0223 e. The van der Waals surface area contributed by atoms with Gasteiger partial charge in [0.2, 0.25) is 0 Å². The number of fused-ring (bicyclic) bond motifs is 1. The highest BCUT2D eigenvalue weighted by Gasteiger charge is 2.09. The Morgan fingerprint density at radius 2 is 1.93 bits per heavy atom. The van der Waals surface area contributed by atoms with Crippen LogP contribution in [0.25, 0.3) is 0 Å². The van der Waals surface area contributed by atoms with Crippen LogP contribution in [0.3, 0.4) is 0 Å². The molecule has 0 aromatic heterocycles. The molecule has 0 aliphatic carbocycles. The third kappa shape index (κ3) is 5.59. The van der Waals surface area contributed by atoms with Crippen LogP contribution in [-0.4, -0.2) is 4.90 Å². The molecule has 0 saturated carbocycles. The number of rotatable bonds is 6. The Hall–Kier alpha value is -2.80. The quantitative estimate of drug-likeness (QED) is 0.507. The lowest BCUT2D eigenvalue weighted by atomic mass is 10.0. The Balaban J connectivity index is 1.61. The average molecular weight is 356 g/mol.